The summed E-state index contributed by atoms with van der Waals surface area (Å²) in [6.07, 6.45) is 0. The van der Waals surface area contributed by atoms with Crippen molar-refractivity contribution in [1.82, 2.24) is 0 Å². The molecule has 19 heavy (non-hydrogen) atoms. The average Bonchev–Trinajstić information content (AvgIpc) is 2.34. The molecule has 2 N–H and O–H groups in total. The van der Waals surface area contributed by atoms with E-state index < -0.39 is 5.82 Å². The molecule has 0 amide bonds. The molecule has 2 nitrogen and oxygen atoms in total. The Labute approximate surface area is 124 Å². The highest BCUT2D eigenvalue weighted by atomic mass is 79.9. The summed E-state index contributed by atoms with van der Waals surface area (Å²) >= 11 is 9.35. The molecule has 2 aromatic rings. The molecule has 0 bridgehead atoms. The summed E-state index contributed by atoms with van der Waals surface area (Å²) in [6, 6.07) is 9.45. The van der Waals surface area contributed by atoms with Crippen LogP contribution in [0.4, 0.5) is 4.39 Å². The summed E-state index contributed by atoms with van der Waals surface area (Å²) in [6.45, 7) is 1.77. The van der Waals surface area contributed by atoms with Crippen LogP contribution in [-0.2, 0) is 0 Å². The van der Waals surface area contributed by atoms with Gasteiger partial charge in [0.25, 0.3) is 0 Å². The summed E-state index contributed by atoms with van der Waals surface area (Å²) in [5, 5.41) is 0.397. The van der Waals surface area contributed by atoms with E-state index in [2.05, 4.69) is 15.9 Å². The lowest BCUT2D eigenvalue weighted by molar-refractivity contribution is 0.433. The van der Waals surface area contributed by atoms with Crippen LogP contribution in [0.1, 0.15) is 18.5 Å². The van der Waals surface area contributed by atoms with E-state index in [9.17, 15) is 4.39 Å². The van der Waals surface area contributed by atoms with Gasteiger partial charge in [-0.1, -0.05) is 39.7 Å². The molecule has 0 aliphatic carbocycles. The monoisotopic (exact) mass is 343 g/mol. The van der Waals surface area contributed by atoms with Crippen molar-refractivity contribution in [3.63, 3.8) is 0 Å². The molecule has 0 spiro atoms. The van der Waals surface area contributed by atoms with Crippen molar-refractivity contribution in [3.8, 4) is 11.5 Å². The van der Waals surface area contributed by atoms with Gasteiger partial charge in [0.1, 0.15) is 5.75 Å². The first kappa shape index (κ1) is 14.3. The minimum Gasteiger partial charge on any atom is -0.452 e. The third-order valence-electron chi connectivity index (χ3n) is 2.59. The predicted molar refractivity (Wildman–Crippen MR) is 78.2 cm³/mol. The highest BCUT2D eigenvalue weighted by molar-refractivity contribution is 9.10. The van der Waals surface area contributed by atoms with Gasteiger partial charge in [-0.2, -0.15) is 0 Å². The van der Waals surface area contributed by atoms with Crippen molar-refractivity contribution >= 4 is 27.5 Å². The first-order chi connectivity index (χ1) is 8.99. The highest BCUT2D eigenvalue weighted by Crippen LogP contribution is 2.36. The van der Waals surface area contributed by atoms with Gasteiger partial charge >= 0.3 is 0 Å². The Morgan fingerprint density at radius 3 is 2.68 bits per heavy atom. The molecule has 2 aromatic carbocycles. The standard InChI is InChI=1S/C14H12BrClFNO/c1-8(18)10-3-2-4-12(17)14(10)19-13-6-5-9(15)7-11(13)16/h2-8H,18H2,1H3. The summed E-state index contributed by atoms with van der Waals surface area (Å²) in [5.74, 6) is 0.0346. The molecule has 1 atom stereocenters. The minimum atomic E-state index is -0.464. The number of nitrogens with two attached hydrogens (primary N) is 1. The Kier molecular flexibility index (Phi) is 4.45. The van der Waals surface area contributed by atoms with Crippen LogP contribution in [0.15, 0.2) is 40.9 Å². The first-order valence-corrected chi connectivity index (χ1v) is 6.83. The maximum absolute atomic E-state index is 13.9. The van der Waals surface area contributed by atoms with E-state index >= 15 is 0 Å². The molecule has 0 aliphatic heterocycles. The number of ether oxygens (including phenoxy) is 1. The zero-order valence-electron chi connectivity index (χ0n) is 10.2. The fourth-order valence-corrected chi connectivity index (χ4v) is 2.37. The number of rotatable bonds is 3. The summed E-state index contributed by atoms with van der Waals surface area (Å²) < 4.78 is 20.3. The van der Waals surface area contributed by atoms with Crippen molar-refractivity contribution in [1.29, 1.82) is 0 Å². The van der Waals surface area contributed by atoms with Gasteiger partial charge < -0.3 is 10.5 Å². The SMILES string of the molecule is CC(N)c1cccc(F)c1Oc1ccc(Br)cc1Cl. The maximum atomic E-state index is 13.9. The second kappa shape index (κ2) is 5.90. The van der Waals surface area contributed by atoms with E-state index in [1.165, 1.54) is 6.07 Å². The largest absolute Gasteiger partial charge is 0.452 e. The lowest BCUT2D eigenvalue weighted by Gasteiger charge is -2.15. The Bertz CT molecular complexity index is 604. The van der Waals surface area contributed by atoms with Crippen molar-refractivity contribution in [2.45, 2.75) is 13.0 Å². The van der Waals surface area contributed by atoms with Gasteiger partial charge in [0.2, 0.25) is 0 Å². The predicted octanol–water partition coefficient (Wildman–Crippen LogP) is 5.05. The molecule has 1 unspecified atom stereocenters. The van der Waals surface area contributed by atoms with Crippen LogP contribution in [0.5, 0.6) is 11.5 Å². The molecular formula is C14H12BrClFNO. The number of benzene rings is 2. The van der Waals surface area contributed by atoms with Crippen LogP contribution in [0.2, 0.25) is 5.02 Å². The molecule has 0 aromatic heterocycles. The van der Waals surface area contributed by atoms with Gasteiger partial charge in [0.15, 0.2) is 11.6 Å². The van der Waals surface area contributed by atoms with Crippen LogP contribution in [0.25, 0.3) is 0 Å². The van der Waals surface area contributed by atoms with Crippen molar-refractivity contribution in [3.05, 3.63) is 57.3 Å². The second-order valence-electron chi connectivity index (χ2n) is 4.12. The van der Waals surface area contributed by atoms with Crippen LogP contribution in [-0.4, -0.2) is 0 Å². The maximum Gasteiger partial charge on any atom is 0.167 e. The Morgan fingerprint density at radius 1 is 1.32 bits per heavy atom. The lowest BCUT2D eigenvalue weighted by atomic mass is 10.1. The normalized spacial score (nSPS) is 12.3. The third kappa shape index (κ3) is 3.26. The van der Waals surface area contributed by atoms with Crippen LogP contribution in [0.3, 0.4) is 0 Å². The molecule has 0 aliphatic rings. The van der Waals surface area contributed by atoms with Crippen molar-refractivity contribution < 1.29 is 9.13 Å². The number of hydrogen-bond acceptors (Lipinski definition) is 2. The number of para-hydroxylation sites is 1. The Morgan fingerprint density at radius 2 is 2.05 bits per heavy atom. The zero-order valence-corrected chi connectivity index (χ0v) is 12.5. The van der Waals surface area contributed by atoms with E-state index in [4.69, 9.17) is 22.1 Å². The molecular weight excluding hydrogens is 333 g/mol. The van der Waals surface area contributed by atoms with Gasteiger partial charge in [0.05, 0.1) is 5.02 Å². The van der Waals surface area contributed by atoms with Crippen molar-refractivity contribution in [2.24, 2.45) is 5.73 Å². The summed E-state index contributed by atoms with van der Waals surface area (Å²) in [7, 11) is 0. The third-order valence-corrected chi connectivity index (χ3v) is 3.38. The molecule has 0 heterocycles. The van der Waals surface area contributed by atoms with Gasteiger partial charge in [-0.3, -0.25) is 0 Å². The quantitative estimate of drug-likeness (QED) is 0.845. The molecule has 0 saturated heterocycles. The highest BCUT2D eigenvalue weighted by Gasteiger charge is 2.15. The fourth-order valence-electron chi connectivity index (χ4n) is 1.66. The van der Waals surface area contributed by atoms with Crippen LogP contribution < -0.4 is 10.5 Å². The molecule has 0 radical (unpaired) electrons. The van der Waals surface area contributed by atoms with E-state index in [0.29, 0.717) is 16.3 Å². The average molecular weight is 345 g/mol. The van der Waals surface area contributed by atoms with Crippen LogP contribution in [0, 0.1) is 5.82 Å². The first-order valence-electron chi connectivity index (χ1n) is 5.66. The van der Waals surface area contributed by atoms with Gasteiger partial charge in [0, 0.05) is 16.1 Å². The second-order valence-corrected chi connectivity index (χ2v) is 5.45. The minimum absolute atomic E-state index is 0.113. The van der Waals surface area contributed by atoms with E-state index in [-0.39, 0.29) is 11.8 Å². The summed E-state index contributed by atoms with van der Waals surface area (Å²) in [5.41, 5.74) is 6.41. The van der Waals surface area contributed by atoms with E-state index in [1.807, 2.05) is 0 Å². The Balaban J connectivity index is 2.43. The van der Waals surface area contributed by atoms with Crippen LogP contribution >= 0.6 is 27.5 Å². The van der Waals surface area contributed by atoms with Gasteiger partial charge in [-0.05, 0) is 31.2 Å². The number of halogens is 3. The van der Waals surface area contributed by atoms with Gasteiger partial charge in [-0.15, -0.1) is 0 Å². The van der Waals surface area contributed by atoms with Gasteiger partial charge in [-0.25, -0.2) is 4.39 Å². The number of hydrogen-bond donors (Lipinski definition) is 1. The molecule has 0 fully saturated rings. The molecule has 0 saturated carbocycles. The molecule has 5 heteroatoms. The van der Waals surface area contributed by atoms with Crippen molar-refractivity contribution in [2.75, 3.05) is 0 Å². The van der Waals surface area contributed by atoms with E-state index in [1.54, 1.807) is 37.3 Å². The lowest BCUT2D eigenvalue weighted by Crippen LogP contribution is -2.07. The van der Waals surface area contributed by atoms with E-state index in [0.717, 1.165) is 4.47 Å². The topological polar surface area (TPSA) is 35.2 Å². The smallest absolute Gasteiger partial charge is 0.167 e. The summed E-state index contributed by atoms with van der Waals surface area (Å²) in [4.78, 5) is 0. The zero-order chi connectivity index (χ0) is 14.0. The molecule has 100 valence electrons. The fraction of sp³-hybridized carbons (Fsp3) is 0.143. The Hall–Kier alpha value is -1.10. The molecule has 2 rings (SSSR count).